The number of aromatic hydroxyl groups is 1. The Bertz CT molecular complexity index is 717. The van der Waals surface area contributed by atoms with Crippen molar-refractivity contribution in [2.75, 3.05) is 19.6 Å². The Morgan fingerprint density at radius 2 is 1.58 bits per heavy atom. The maximum atomic E-state index is 11.0. The Kier molecular flexibility index (Phi) is 4.74. The molecule has 0 bridgehead atoms. The summed E-state index contributed by atoms with van der Waals surface area (Å²) in [6, 6.07) is 17.0. The summed E-state index contributed by atoms with van der Waals surface area (Å²) < 4.78 is 0. The molecule has 2 aromatic rings. The van der Waals surface area contributed by atoms with Crippen molar-refractivity contribution in [3.8, 4) is 5.75 Å². The molecule has 138 valence electrons. The summed E-state index contributed by atoms with van der Waals surface area (Å²) in [5, 5.41) is 30.9. The fourth-order valence-corrected chi connectivity index (χ4v) is 4.87. The van der Waals surface area contributed by atoms with Crippen LogP contribution in [0.4, 0.5) is 0 Å². The normalized spacial score (nSPS) is 29.6. The molecule has 2 fully saturated rings. The number of fused-ring (bicyclic) bond motifs is 1. The molecule has 2 aromatic carbocycles. The van der Waals surface area contributed by atoms with Crippen LogP contribution in [0.1, 0.15) is 30.1 Å². The molecule has 3 unspecified atom stereocenters. The number of hydrogen-bond donors (Lipinski definition) is 3. The van der Waals surface area contributed by atoms with E-state index >= 15 is 0 Å². The van der Waals surface area contributed by atoms with Crippen LogP contribution in [0.15, 0.2) is 54.6 Å². The van der Waals surface area contributed by atoms with Gasteiger partial charge in [-0.2, -0.15) is 0 Å². The predicted molar refractivity (Wildman–Crippen MR) is 101 cm³/mol. The van der Waals surface area contributed by atoms with Gasteiger partial charge in [0.15, 0.2) is 0 Å². The highest BCUT2D eigenvalue weighted by Crippen LogP contribution is 2.45. The molecule has 0 amide bonds. The zero-order chi connectivity index (χ0) is 18.1. The number of likely N-dealkylation sites (tertiary alicyclic amines) is 1. The molecule has 2 aliphatic rings. The van der Waals surface area contributed by atoms with Gasteiger partial charge in [0.2, 0.25) is 0 Å². The van der Waals surface area contributed by atoms with E-state index < -0.39 is 11.7 Å². The zero-order valence-electron chi connectivity index (χ0n) is 15.0. The van der Waals surface area contributed by atoms with Crippen molar-refractivity contribution in [1.82, 2.24) is 4.90 Å². The fraction of sp³-hybridized carbons (Fsp3) is 0.455. The van der Waals surface area contributed by atoms with Crippen LogP contribution in [0.3, 0.4) is 0 Å². The molecule has 3 N–H and O–H groups in total. The van der Waals surface area contributed by atoms with Crippen LogP contribution < -0.4 is 0 Å². The lowest BCUT2D eigenvalue weighted by Crippen LogP contribution is -2.33. The number of aliphatic hydroxyl groups excluding tert-OH is 1. The molecule has 1 heterocycles. The van der Waals surface area contributed by atoms with Gasteiger partial charge < -0.3 is 15.3 Å². The molecular formula is C22H27NO3. The molecule has 4 rings (SSSR count). The van der Waals surface area contributed by atoms with Crippen molar-refractivity contribution in [2.45, 2.75) is 31.0 Å². The van der Waals surface area contributed by atoms with Crippen molar-refractivity contribution in [3.63, 3.8) is 0 Å². The minimum atomic E-state index is -0.585. The third kappa shape index (κ3) is 3.78. The summed E-state index contributed by atoms with van der Waals surface area (Å²) in [4.78, 5) is 2.31. The maximum Gasteiger partial charge on any atom is 0.115 e. The molecule has 4 heteroatoms. The lowest BCUT2D eigenvalue weighted by molar-refractivity contribution is 0.0328. The molecule has 4 atom stereocenters. The number of rotatable bonds is 5. The molecule has 26 heavy (non-hydrogen) atoms. The molecule has 1 saturated heterocycles. The first-order chi connectivity index (χ1) is 12.5. The van der Waals surface area contributed by atoms with E-state index in [0.29, 0.717) is 18.4 Å². The standard InChI is InChI=1S/C22H27NO3/c24-20-8-6-17(7-9-20)21(25)15-23-13-18-11-22(26,12-19(18)14-23)10-16-4-2-1-3-5-16/h1-9,18-19,21,24-26H,10-15H2/t18-,19?,21?,22?/m1/s1. The lowest BCUT2D eigenvalue weighted by Gasteiger charge is -2.27. The summed E-state index contributed by atoms with van der Waals surface area (Å²) in [6.07, 6.45) is 1.88. The van der Waals surface area contributed by atoms with E-state index in [0.717, 1.165) is 37.9 Å². The van der Waals surface area contributed by atoms with Crippen LogP contribution in [-0.2, 0) is 6.42 Å². The number of phenolic OH excluding ortho intramolecular Hbond substituents is 1. The Morgan fingerprint density at radius 1 is 0.962 bits per heavy atom. The second-order valence-corrected chi connectivity index (χ2v) is 8.14. The maximum absolute atomic E-state index is 11.0. The second kappa shape index (κ2) is 7.03. The lowest BCUT2D eigenvalue weighted by atomic mass is 9.91. The third-order valence-electron chi connectivity index (χ3n) is 6.02. The van der Waals surface area contributed by atoms with Gasteiger partial charge in [-0.15, -0.1) is 0 Å². The molecule has 0 aromatic heterocycles. The topological polar surface area (TPSA) is 63.9 Å². The predicted octanol–water partition coefficient (Wildman–Crippen LogP) is 2.74. The third-order valence-corrected chi connectivity index (χ3v) is 6.02. The number of phenols is 1. The first-order valence-electron chi connectivity index (χ1n) is 9.46. The number of β-amino-alcohol motifs (C(OH)–C–C–N with tert-alkyl or cyclic N) is 1. The minimum Gasteiger partial charge on any atom is -0.508 e. The summed E-state index contributed by atoms with van der Waals surface area (Å²) in [5.74, 6) is 1.24. The number of aliphatic hydroxyl groups is 2. The molecule has 0 spiro atoms. The van der Waals surface area contributed by atoms with E-state index in [1.54, 1.807) is 24.3 Å². The van der Waals surface area contributed by atoms with Gasteiger partial charge in [-0.05, 0) is 47.9 Å². The van der Waals surface area contributed by atoms with Crippen LogP contribution >= 0.6 is 0 Å². The van der Waals surface area contributed by atoms with Crippen molar-refractivity contribution in [3.05, 3.63) is 65.7 Å². The van der Waals surface area contributed by atoms with Gasteiger partial charge in [0.05, 0.1) is 11.7 Å². The molecule has 1 saturated carbocycles. The average molecular weight is 353 g/mol. The van der Waals surface area contributed by atoms with Crippen molar-refractivity contribution in [1.29, 1.82) is 0 Å². The molecule has 1 aliphatic heterocycles. The zero-order valence-corrected chi connectivity index (χ0v) is 15.0. The van der Waals surface area contributed by atoms with Crippen molar-refractivity contribution in [2.24, 2.45) is 11.8 Å². The molecule has 4 nitrogen and oxygen atoms in total. The summed E-state index contributed by atoms with van der Waals surface area (Å²) >= 11 is 0. The second-order valence-electron chi connectivity index (χ2n) is 8.14. The smallest absolute Gasteiger partial charge is 0.115 e. The van der Waals surface area contributed by atoms with E-state index in [1.165, 1.54) is 5.56 Å². The van der Waals surface area contributed by atoms with Gasteiger partial charge in [-0.3, -0.25) is 4.90 Å². The fourth-order valence-electron chi connectivity index (χ4n) is 4.87. The van der Waals surface area contributed by atoms with E-state index in [2.05, 4.69) is 17.0 Å². The molecule has 1 aliphatic carbocycles. The first kappa shape index (κ1) is 17.5. The van der Waals surface area contributed by atoms with Crippen LogP contribution in [0, 0.1) is 11.8 Å². The highest BCUT2D eigenvalue weighted by Gasteiger charge is 2.48. The number of benzene rings is 2. The Hall–Kier alpha value is -1.88. The van der Waals surface area contributed by atoms with Crippen LogP contribution in [-0.4, -0.2) is 45.5 Å². The highest BCUT2D eigenvalue weighted by atomic mass is 16.3. The highest BCUT2D eigenvalue weighted by molar-refractivity contribution is 5.27. The van der Waals surface area contributed by atoms with Crippen LogP contribution in [0.5, 0.6) is 5.75 Å². The average Bonchev–Trinajstić information content (AvgIpc) is 3.10. The van der Waals surface area contributed by atoms with E-state index in [4.69, 9.17) is 0 Å². The monoisotopic (exact) mass is 353 g/mol. The van der Waals surface area contributed by atoms with Gasteiger partial charge in [-0.1, -0.05) is 42.5 Å². The van der Waals surface area contributed by atoms with Gasteiger partial charge in [0, 0.05) is 26.1 Å². The van der Waals surface area contributed by atoms with E-state index in [1.807, 2.05) is 18.2 Å². The van der Waals surface area contributed by atoms with Gasteiger partial charge in [-0.25, -0.2) is 0 Å². The first-order valence-corrected chi connectivity index (χ1v) is 9.46. The van der Waals surface area contributed by atoms with Crippen molar-refractivity contribution >= 4 is 0 Å². The summed E-state index contributed by atoms with van der Waals surface area (Å²) in [7, 11) is 0. The SMILES string of the molecule is Oc1ccc(C(O)CN2CC3CC(O)(Cc4ccccc4)C[C@@H]3C2)cc1. The Labute approximate surface area is 154 Å². The number of nitrogens with zero attached hydrogens (tertiary/aromatic N) is 1. The van der Waals surface area contributed by atoms with Gasteiger partial charge in [0.1, 0.15) is 5.75 Å². The van der Waals surface area contributed by atoms with Gasteiger partial charge >= 0.3 is 0 Å². The Balaban J connectivity index is 1.32. The van der Waals surface area contributed by atoms with E-state index in [-0.39, 0.29) is 5.75 Å². The quantitative estimate of drug-likeness (QED) is 0.773. The van der Waals surface area contributed by atoms with Crippen LogP contribution in [0.25, 0.3) is 0 Å². The Morgan fingerprint density at radius 3 is 2.19 bits per heavy atom. The van der Waals surface area contributed by atoms with Gasteiger partial charge in [0.25, 0.3) is 0 Å². The van der Waals surface area contributed by atoms with Crippen molar-refractivity contribution < 1.29 is 15.3 Å². The summed E-state index contributed by atoms with van der Waals surface area (Å²) in [6.45, 7) is 2.49. The minimum absolute atomic E-state index is 0.217. The molecule has 0 radical (unpaired) electrons. The van der Waals surface area contributed by atoms with Crippen LogP contribution in [0.2, 0.25) is 0 Å². The molecular weight excluding hydrogens is 326 g/mol. The summed E-state index contributed by atoms with van der Waals surface area (Å²) in [5.41, 5.74) is 1.45. The largest absolute Gasteiger partial charge is 0.508 e. The van der Waals surface area contributed by atoms with E-state index in [9.17, 15) is 15.3 Å². The number of hydrogen-bond acceptors (Lipinski definition) is 4.